The van der Waals surface area contributed by atoms with Gasteiger partial charge in [-0.15, -0.1) is 0 Å². The fourth-order valence-corrected chi connectivity index (χ4v) is 5.52. The molecule has 2 N–H and O–H groups in total. The van der Waals surface area contributed by atoms with Crippen LogP contribution in [0.3, 0.4) is 0 Å². The van der Waals surface area contributed by atoms with E-state index in [0.717, 1.165) is 32.1 Å². The highest BCUT2D eigenvalue weighted by molar-refractivity contribution is 5.95. The number of nitrogens with one attached hydrogen (secondary N) is 2. The first-order valence-corrected chi connectivity index (χ1v) is 15.7. The van der Waals surface area contributed by atoms with Crippen LogP contribution in [0.2, 0.25) is 0 Å². The van der Waals surface area contributed by atoms with Crippen LogP contribution in [-0.4, -0.2) is 119 Å². The highest BCUT2D eigenvalue weighted by Crippen LogP contribution is 2.23. The Labute approximate surface area is 262 Å². The summed E-state index contributed by atoms with van der Waals surface area (Å²) in [6.45, 7) is 3.55. The van der Waals surface area contributed by atoms with Gasteiger partial charge in [0.1, 0.15) is 6.04 Å². The Balaban J connectivity index is 1.17. The zero-order valence-electron chi connectivity index (χ0n) is 25.6. The molecule has 0 bridgehead atoms. The molecule has 1 aromatic carbocycles. The molecule has 1 aromatic heterocycles. The van der Waals surface area contributed by atoms with Gasteiger partial charge in [-0.1, -0.05) is 25.1 Å². The molecule has 0 radical (unpaired) electrons. The highest BCUT2D eigenvalue weighted by atomic mass is 16.6. The van der Waals surface area contributed by atoms with Crippen LogP contribution in [0.5, 0.6) is 5.88 Å². The third kappa shape index (κ3) is 7.91. The van der Waals surface area contributed by atoms with E-state index in [1.54, 1.807) is 26.8 Å². The van der Waals surface area contributed by atoms with Crippen molar-refractivity contribution in [2.75, 3.05) is 52.5 Å². The second-order valence-electron chi connectivity index (χ2n) is 11.5. The molecule has 2 saturated heterocycles. The maximum Gasteiger partial charge on any atom is 0.409 e. The lowest BCUT2D eigenvalue weighted by atomic mass is 9.93. The first-order chi connectivity index (χ1) is 21.8. The molecule has 2 aromatic rings. The molecule has 0 spiro atoms. The van der Waals surface area contributed by atoms with Gasteiger partial charge >= 0.3 is 6.09 Å². The first kappa shape index (κ1) is 31.8. The number of rotatable bonds is 11. The van der Waals surface area contributed by atoms with Crippen LogP contribution in [0.4, 0.5) is 4.79 Å². The van der Waals surface area contributed by atoms with Gasteiger partial charge < -0.3 is 34.8 Å². The maximum absolute atomic E-state index is 13.2. The lowest BCUT2D eigenvalue weighted by Crippen LogP contribution is -2.52. The number of likely N-dealkylation sites (tertiary alicyclic amines) is 1. The molecule has 45 heavy (non-hydrogen) atoms. The Hall–Kier alpha value is -4.62. The zero-order valence-corrected chi connectivity index (χ0v) is 25.6. The van der Waals surface area contributed by atoms with E-state index < -0.39 is 11.9 Å². The van der Waals surface area contributed by atoms with E-state index in [-0.39, 0.29) is 54.6 Å². The minimum atomic E-state index is -0.580. The lowest BCUT2D eigenvalue weighted by Gasteiger charge is -2.34. The van der Waals surface area contributed by atoms with Crippen molar-refractivity contribution in [3.8, 4) is 11.6 Å². The van der Waals surface area contributed by atoms with Crippen molar-refractivity contribution in [3.05, 3.63) is 42.1 Å². The zero-order chi connectivity index (χ0) is 31.8. The SMILES string of the molecule is CCCOC(=O)N1CCN(C(=O)CNC(=O)c2cc(OCC(=O)N3CCCC3C(=O)NC3CCC3)n(-c3ccccc3)n2)CC1. The molecular formula is C31H41N7O7. The van der Waals surface area contributed by atoms with Gasteiger partial charge in [-0.25, -0.2) is 9.48 Å². The van der Waals surface area contributed by atoms with Gasteiger partial charge in [-0.05, 0) is 50.7 Å². The van der Waals surface area contributed by atoms with Crippen molar-refractivity contribution in [2.24, 2.45) is 0 Å². The van der Waals surface area contributed by atoms with E-state index in [2.05, 4.69) is 15.7 Å². The predicted octanol–water partition coefficient (Wildman–Crippen LogP) is 1.33. The third-order valence-corrected chi connectivity index (χ3v) is 8.30. The van der Waals surface area contributed by atoms with Gasteiger partial charge in [0.2, 0.25) is 17.7 Å². The first-order valence-electron chi connectivity index (χ1n) is 15.7. The van der Waals surface area contributed by atoms with Gasteiger partial charge in [0.15, 0.2) is 12.3 Å². The van der Waals surface area contributed by atoms with Crippen molar-refractivity contribution >= 4 is 29.7 Å². The fourth-order valence-electron chi connectivity index (χ4n) is 5.52. The summed E-state index contributed by atoms with van der Waals surface area (Å²) >= 11 is 0. The van der Waals surface area contributed by atoms with Crippen molar-refractivity contribution in [1.82, 2.24) is 35.1 Å². The van der Waals surface area contributed by atoms with Crippen molar-refractivity contribution in [2.45, 2.75) is 57.5 Å². The number of para-hydroxylation sites is 1. The number of hydrogen-bond acceptors (Lipinski definition) is 8. The Morgan fingerprint density at radius 1 is 0.911 bits per heavy atom. The van der Waals surface area contributed by atoms with Crippen LogP contribution in [-0.2, 0) is 19.1 Å². The molecule has 5 rings (SSSR count). The van der Waals surface area contributed by atoms with Crippen LogP contribution in [0, 0.1) is 0 Å². The topological polar surface area (TPSA) is 155 Å². The third-order valence-electron chi connectivity index (χ3n) is 8.30. The van der Waals surface area contributed by atoms with E-state index in [0.29, 0.717) is 51.4 Å². The largest absolute Gasteiger partial charge is 0.467 e. The summed E-state index contributed by atoms with van der Waals surface area (Å²) in [5, 5.41) is 10.1. The summed E-state index contributed by atoms with van der Waals surface area (Å²) in [5.41, 5.74) is 0.626. The summed E-state index contributed by atoms with van der Waals surface area (Å²) in [4.78, 5) is 68.6. The number of hydrogen-bond donors (Lipinski definition) is 2. The molecule has 5 amide bonds. The van der Waals surface area contributed by atoms with Gasteiger partial charge in [0, 0.05) is 44.8 Å². The molecule has 1 aliphatic carbocycles. The number of aromatic nitrogens is 2. The van der Waals surface area contributed by atoms with E-state index in [1.165, 1.54) is 10.7 Å². The minimum absolute atomic E-state index is 0.0107. The summed E-state index contributed by atoms with van der Waals surface area (Å²) in [6, 6.07) is 10.1. The molecule has 14 nitrogen and oxygen atoms in total. The average Bonchev–Trinajstić information content (AvgIpc) is 3.72. The van der Waals surface area contributed by atoms with Crippen LogP contribution >= 0.6 is 0 Å². The second kappa shape index (κ2) is 14.9. The number of benzene rings is 1. The van der Waals surface area contributed by atoms with Gasteiger partial charge in [-0.3, -0.25) is 19.2 Å². The molecule has 3 aliphatic rings. The van der Waals surface area contributed by atoms with Crippen LogP contribution in [0.15, 0.2) is 36.4 Å². The Morgan fingerprint density at radius 3 is 2.33 bits per heavy atom. The molecular weight excluding hydrogens is 582 g/mol. The summed E-state index contributed by atoms with van der Waals surface area (Å²) in [7, 11) is 0. The Bertz CT molecular complexity index is 1370. The lowest BCUT2D eigenvalue weighted by molar-refractivity contribution is -0.140. The summed E-state index contributed by atoms with van der Waals surface area (Å²) in [6.07, 6.45) is 4.73. The Morgan fingerprint density at radius 2 is 1.64 bits per heavy atom. The van der Waals surface area contributed by atoms with E-state index >= 15 is 0 Å². The van der Waals surface area contributed by atoms with E-state index in [1.807, 2.05) is 25.1 Å². The number of ether oxygens (including phenoxy) is 2. The number of carbonyl (C=O) groups excluding carboxylic acids is 5. The molecule has 14 heteroatoms. The average molecular weight is 624 g/mol. The van der Waals surface area contributed by atoms with Crippen LogP contribution in [0.25, 0.3) is 5.69 Å². The van der Waals surface area contributed by atoms with Gasteiger partial charge in [-0.2, -0.15) is 5.10 Å². The van der Waals surface area contributed by atoms with Crippen molar-refractivity contribution in [1.29, 1.82) is 0 Å². The summed E-state index contributed by atoms with van der Waals surface area (Å²) < 4.78 is 12.5. The molecule has 3 fully saturated rings. The maximum atomic E-state index is 13.2. The second-order valence-corrected chi connectivity index (χ2v) is 11.5. The van der Waals surface area contributed by atoms with Gasteiger partial charge in [0.25, 0.3) is 11.8 Å². The van der Waals surface area contributed by atoms with Crippen molar-refractivity contribution in [3.63, 3.8) is 0 Å². The molecule has 2 aliphatic heterocycles. The van der Waals surface area contributed by atoms with E-state index in [4.69, 9.17) is 9.47 Å². The number of nitrogens with zero attached hydrogens (tertiary/aromatic N) is 5. The minimum Gasteiger partial charge on any atom is -0.467 e. The van der Waals surface area contributed by atoms with Crippen molar-refractivity contribution < 1.29 is 33.4 Å². The number of amides is 5. The smallest absolute Gasteiger partial charge is 0.409 e. The molecule has 1 saturated carbocycles. The number of piperazine rings is 1. The fraction of sp³-hybridized carbons (Fsp3) is 0.548. The summed E-state index contributed by atoms with van der Waals surface area (Å²) in [5.74, 6) is -1.13. The Kier molecular flexibility index (Phi) is 10.5. The monoisotopic (exact) mass is 623 g/mol. The van der Waals surface area contributed by atoms with E-state index in [9.17, 15) is 24.0 Å². The molecule has 3 heterocycles. The van der Waals surface area contributed by atoms with Gasteiger partial charge in [0.05, 0.1) is 18.8 Å². The highest BCUT2D eigenvalue weighted by Gasteiger charge is 2.36. The normalized spacial score (nSPS) is 18.2. The molecule has 242 valence electrons. The number of carbonyl (C=O) groups is 5. The standard InChI is InChI=1S/C31H41N7O7/c1-2-18-44-31(43)36-16-14-35(15-17-36)26(39)20-32-29(41)24-19-28(38(34-24)23-10-4-3-5-11-23)45-21-27(40)37-13-7-12-25(37)30(42)33-22-8-6-9-22/h3-5,10-11,19,22,25H,2,6-9,12-18,20-21H2,1H3,(H,32,41)(H,33,42). The molecule has 1 atom stereocenters. The van der Waals surface area contributed by atoms with Crippen LogP contribution < -0.4 is 15.4 Å². The quantitative estimate of drug-likeness (QED) is 0.380. The predicted molar refractivity (Wildman–Crippen MR) is 162 cm³/mol. The molecule has 1 unspecified atom stereocenters. The van der Waals surface area contributed by atoms with Crippen LogP contribution in [0.1, 0.15) is 55.9 Å².